The SMILES string of the molecule is CCOC(CC)COC([SiH3])CC. The van der Waals surface area contributed by atoms with Crippen LogP contribution in [0.2, 0.25) is 0 Å². The molecular weight excluding hydrogens is 168 g/mol. The first-order chi connectivity index (χ1) is 5.74. The Hall–Kier alpha value is 0.137. The molecule has 0 saturated heterocycles. The fourth-order valence-corrected chi connectivity index (χ4v) is 1.10. The summed E-state index contributed by atoms with van der Waals surface area (Å²) < 4.78 is 11.1. The van der Waals surface area contributed by atoms with Gasteiger partial charge in [-0.25, -0.2) is 0 Å². The zero-order valence-corrected chi connectivity index (χ0v) is 10.8. The van der Waals surface area contributed by atoms with Crippen molar-refractivity contribution in [1.82, 2.24) is 0 Å². The normalized spacial score (nSPS) is 16.2. The van der Waals surface area contributed by atoms with Gasteiger partial charge in [0.05, 0.1) is 12.7 Å². The Morgan fingerprint density at radius 3 is 2.17 bits per heavy atom. The van der Waals surface area contributed by atoms with Gasteiger partial charge in [0.1, 0.15) is 0 Å². The second-order valence-electron chi connectivity index (χ2n) is 3.04. The maximum Gasteiger partial charge on any atom is 0.0805 e. The molecule has 0 aromatic carbocycles. The van der Waals surface area contributed by atoms with Crippen LogP contribution in [0.3, 0.4) is 0 Å². The van der Waals surface area contributed by atoms with Gasteiger partial charge in [0.2, 0.25) is 0 Å². The van der Waals surface area contributed by atoms with Crippen LogP contribution in [0.15, 0.2) is 0 Å². The van der Waals surface area contributed by atoms with Crippen molar-refractivity contribution in [3.63, 3.8) is 0 Å². The fourth-order valence-electron chi connectivity index (χ4n) is 0.909. The number of ether oxygens (including phenoxy) is 2. The average Bonchev–Trinajstić information content (AvgIpc) is 2.11. The molecule has 0 fully saturated rings. The largest absolute Gasteiger partial charge is 0.380 e. The van der Waals surface area contributed by atoms with E-state index in [2.05, 4.69) is 13.8 Å². The highest BCUT2D eigenvalue weighted by atomic mass is 28.1. The Bertz CT molecular complexity index is 98.5. The van der Waals surface area contributed by atoms with Crippen LogP contribution in [-0.2, 0) is 9.47 Å². The van der Waals surface area contributed by atoms with E-state index < -0.39 is 0 Å². The van der Waals surface area contributed by atoms with Gasteiger partial charge in [-0.3, -0.25) is 0 Å². The topological polar surface area (TPSA) is 18.5 Å². The maximum atomic E-state index is 5.63. The van der Waals surface area contributed by atoms with E-state index in [1.165, 1.54) is 0 Å². The Morgan fingerprint density at radius 1 is 1.08 bits per heavy atom. The van der Waals surface area contributed by atoms with Crippen molar-refractivity contribution < 1.29 is 9.47 Å². The lowest BCUT2D eigenvalue weighted by Gasteiger charge is -2.18. The summed E-state index contributed by atoms with van der Waals surface area (Å²) in [6.45, 7) is 7.89. The molecule has 0 aromatic heterocycles. The molecule has 2 unspecified atom stereocenters. The second kappa shape index (κ2) is 7.77. The highest BCUT2D eigenvalue weighted by Crippen LogP contribution is 2.01. The monoisotopic (exact) mass is 190 g/mol. The first-order valence-electron chi connectivity index (χ1n) is 4.97. The van der Waals surface area contributed by atoms with Gasteiger partial charge in [-0.2, -0.15) is 0 Å². The molecule has 74 valence electrons. The van der Waals surface area contributed by atoms with Crippen LogP contribution in [-0.4, -0.2) is 35.3 Å². The fraction of sp³-hybridized carbons (Fsp3) is 1.00. The molecule has 0 rings (SSSR count). The van der Waals surface area contributed by atoms with E-state index in [1.807, 2.05) is 6.92 Å². The molecule has 3 heteroatoms. The summed E-state index contributed by atoms with van der Waals surface area (Å²) in [4.78, 5) is 0. The lowest BCUT2D eigenvalue weighted by molar-refractivity contribution is -0.0226. The maximum absolute atomic E-state index is 5.63. The lowest BCUT2D eigenvalue weighted by atomic mass is 10.3. The average molecular weight is 190 g/mol. The Balaban J connectivity index is 3.43. The van der Waals surface area contributed by atoms with Crippen molar-refractivity contribution >= 4 is 10.2 Å². The summed E-state index contributed by atoms with van der Waals surface area (Å²) in [7, 11) is 1.12. The first kappa shape index (κ1) is 12.1. The Morgan fingerprint density at radius 2 is 1.75 bits per heavy atom. The van der Waals surface area contributed by atoms with E-state index in [-0.39, 0.29) is 0 Å². The molecule has 0 saturated carbocycles. The molecular formula is C9H22O2Si. The minimum absolute atomic E-state index is 0.304. The van der Waals surface area contributed by atoms with Gasteiger partial charge in [-0.1, -0.05) is 13.8 Å². The van der Waals surface area contributed by atoms with Crippen LogP contribution in [0, 0.1) is 0 Å². The minimum atomic E-state index is 0.304. The first-order valence-corrected chi connectivity index (χ1v) is 6.13. The van der Waals surface area contributed by atoms with E-state index in [1.54, 1.807) is 0 Å². The predicted octanol–water partition coefficient (Wildman–Crippen LogP) is 0.920. The summed E-state index contributed by atoms with van der Waals surface area (Å²) in [5.41, 5.74) is 0.500. The van der Waals surface area contributed by atoms with Crippen molar-refractivity contribution in [2.45, 2.75) is 45.4 Å². The minimum Gasteiger partial charge on any atom is -0.380 e. The van der Waals surface area contributed by atoms with Crippen molar-refractivity contribution in [3.8, 4) is 0 Å². The van der Waals surface area contributed by atoms with Gasteiger partial charge in [0.25, 0.3) is 0 Å². The molecule has 0 spiro atoms. The molecule has 0 N–H and O–H groups in total. The summed E-state index contributed by atoms with van der Waals surface area (Å²) in [5, 5.41) is 0. The quantitative estimate of drug-likeness (QED) is 0.556. The molecule has 0 aliphatic heterocycles. The molecule has 0 heterocycles. The predicted molar refractivity (Wildman–Crippen MR) is 55.7 cm³/mol. The molecule has 0 amide bonds. The van der Waals surface area contributed by atoms with Crippen LogP contribution in [0.25, 0.3) is 0 Å². The number of hydrogen-bond acceptors (Lipinski definition) is 2. The molecule has 0 bridgehead atoms. The summed E-state index contributed by atoms with van der Waals surface area (Å²) in [6, 6.07) is 0. The van der Waals surface area contributed by atoms with Crippen molar-refractivity contribution in [2.24, 2.45) is 0 Å². The van der Waals surface area contributed by atoms with Gasteiger partial charge < -0.3 is 9.47 Å². The van der Waals surface area contributed by atoms with E-state index in [0.717, 1.165) is 36.3 Å². The van der Waals surface area contributed by atoms with E-state index in [9.17, 15) is 0 Å². The zero-order chi connectivity index (χ0) is 9.40. The van der Waals surface area contributed by atoms with E-state index in [0.29, 0.717) is 11.8 Å². The summed E-state index contributed by atoms with van der Waals surface area (Å²) >= 11 is 0. The van der Waals surface area contributed by atoms with Gasteiger partial charge in [0.15, 0.2) is 0 Å². The summed E-state index contributed by atoms with van der Waals surface area (Å²) in [5.74, 6) is 0. The smallest absolute Gasteiger partial charge is 0.0805 e. The summed E-state index contributed by atoms with van der Waals surface area (Å²) in [6.07, 6.45) is 2.48. The van der Waals surface area contributed by atoms with Crippen LogP contribution >= 0.6 is 0 Å². The van der Waals surface area contributed by atoms with Crippen molar-refractivity contribution in [3.05, 3.63) is 0 Å². The van der Waals surface area contributed by atoms with E-state index >= 15 is 0 Å². The van der Waals surface area contributed by atoms with Crippen molar-refractivity contribution in [2.75, 3.05) is 13.2 Å². The Labute approximate surface area is 79.1 Å². The lowest BCUT2D eigenvalue weighted by Crippen LogP contribution is -2.23. The highest BCUT2D eigenvalue weighted by Gasteiger charge is 2.07. The third-order valence-electron chi connectivity index (χ3n) is 2.00. The van der Waals surface area contributed by atoms with Crippen LogP contribution in [0.5, 0.6) is 0 Å². The second-order valence-corrected chi connectivity index (χ2v) is 4.33. The highest BCUT2D eigenvalue weighted by molar-refractivity contribution is 6.10. The molecule has 12 heavy (non-hydrogen) atoms. The number of rotatable bonds is 7. The Kier molecular flexibility index (Phi) is 7.86. The van der Waals surface area contributed by atoms with Crippen LogP contribution in [0.1, 0.15) is 33.6 Å². The van der Waals surface area contributed by atoms with Crippen LogP contribution < -0.4 is 0 Å². The molecule has 2 nitrogen and oxygen atoms in total. The van der Waals surface area contributed by atoms with Gasteiger partial charge in [0, 0.05) is 22.6 Å². The third kappa shape index (κ3) is 5.74. The zero-order valence-electron chi connectivity index (χ0n) is 8.80. The molecule has 0 aliphatic rings. The standard InChI is InChI=1S/C9H22O2Si/c1-4-8(10-6-3)7-11-9(12)5-2/h8-9H,4-7H2,1-3,12H3. The van der Waals surface area contributed by atoms with Crippen LogP contribution in [0.4, 0.5) is 0 Å². The molecule has 0 radical (unpaired) electrons. The van der Waals surface area contributed by atoms with E-state index in [4.69, 9.17) is 9.47 Å². The molecule has 2 atom stereocenters. The van der Waals surface area contributed by atoms with Gasteiger partial charge in [-0.05, 0) is 19.8 Å². The number of hydrogen-bond donors (Lipinski definition) is 0. The molecule has 0 aromatic rings. The van der Waals surface area contributed by atoms with Crippen molar-refractivity contribution in [1.29, 1.82) is 0 Å². The van der Waals surface area contributed by atoms with Gasteiger partial charge in [-0.15, -0.1) is 0 Å². The van der Waals surface area contributed by atoms with Gasteiger partial charge >= 0.3 is 0 Å². The third-order valence-corrected chi connectivity index (χ3v) is 3.15. The molecule has 0 aliphatic carbocycles.